The molecule has 0 saturated carbocycles. The van der Waals surface area contributed by atoms with Crippen molar-refractivity contribution in [1.29, 1.82) is 0 Å². The molecular weight excluding hydrogens is 269 g/mol. The molecule has 1 aromatic heterocycles. The van der Waals surface area contributed by atoms with Gasteiger partial charge in [-0.3, -0.25) is 0 Å². The van der Waals surface area contributed by atoms with Gasteiger partial charge in [0.25, 0.3) is 0 Å². The summed E-state index contributed by atoms with van der Waals surface area (Å²) in [5.41, 5.74) is 0.716. The fourth-order valence-electron chi connectivity index (χ4n) is 2.03. The molecule has 0 aliphatic heterocycles. The van der Waals surface area contributed by atoms with Crippen LogP contribution in [0.15, 0.2) is 22.6 Å². The maximum absolute atomic E-state index is 6.13. The molecule has 2 rings (SSSR count). The van der Waals surface area contributed by atoms with E-state index in [9.17, 15) is 0 Å². The largest absolute Gasteiger partial charge is 0.458 e. The van der Waals surface area contributed by atoms with Gasteiger partial charge in [0.2, 0.25) is 0 Å². The molecule has 0 spiro atoms. The van der Waals surface area contributed by atoms with Gasteiger partial charge < -0.3 is 9.73 Å². The Bertz CT molecular complexity index is 536. The summed E-state index contributed by atoms with van der Waals surface area (Å²) < 4.78 is 5.85. The van der Waals surface area contributed by atoms with E-state index in [4.69, 9.17) is 27.6 Å². The molecule has 1 unspecified atom stereocenters. The van der Waals surface area contributed by atoms with Crippen LogP contribution in [0, 0.1) is 0 Å². The van der Waals surface area contributed by atoms with Gasteiger partial charge in [-0.2, -0.15) is 0 Å². The minimum absolute atomic E-state index is 0.229. The summed E-state index contributed by atoms with van der Waals surface area (Å²) in [5.74, 6) is 0.921. The zero-order chi connectivity index (χ0) is 13.1. The van der Waals surface area contributed by atoms with E-state index < -0.39 is 0 Å². The second-order valence-corrected chi connectivity index (χ2v) is 5.21. The van der Waals surface area contributed by atoms with Crippen LogP contribution < -0.4 is 5.32 Å². The van der Waals surface area contributed by atoms with Gasteiger partial charge in [0, 0.05) is 10.4 Å². The van der Waals surface area contributed by atoms with E-state index in [0.717, 1.165) is 30.5 Å². The highest BCUT2D eigenvalue weighted by Gasteiger charge is 2.15. The van der Waals surface area contributed by atoms with Gasteiger partial charge in [-0.15, -0.1) is 0 Å². The highest BCUT2D eigenvalue weighted by Crippen LogP contribution is 2.33. The van der Waals surface area contributed by atoms with E-state index in [1.807, 2.05) is 12.1 Å². The highest BCUT2D eigenvalue weighted by atomic mass is 35.5. The Labute approximate surface area is 117 Å². The van der Waals surface area contributed by atoms with Crippen molar-refractivity contribution >= 4 is 34.2 Å². The number of rotatable bonds is 5. The van der Waals surface area contributed by atoms with Crippen molar-refractivity contribution in [3.63, 3.8) is 0 Å². The summed E-state index contributed by atoms with van der Waals surface area (Å²) in [7, 11) is 0. The van der Waals surface area contributed by atoms with Crippen molar-refractivity contribution in [2.75, 3.05) is 6.54 Å². The van der Waals surface area contributed by atoms with E-state index in [1.165, 1.54) is 0 Å². The van der Waals surface area contributed by atoms with Crippen molar-refractivity contribution in [3.05, 3.63) is 34.0 Å². The van der Waals surface area contributed by atoms with E-state index in [1.54, 1.807) is 6.07 Å². The molecule has 1 N–H and O–H groups in total. The minimum Gasteiger partial charge on any atom is -0.458 e. The van der Waals surface area contributed by atoms with E-state index >= 15 is 0 Å². The van der Waals surface area contributed by atoms with Crippen molar-refractivity contribution in [2.45, 2.75) is 32.7 Å². The van der Waals surface area contributed by atoms with Gasteiger partial charge in [0.1, 0.15) is 5.76 Å². The van der Waals surface area contributed by atoms with Gasteiger partial charge in [-0.25, -0.2) is 0 Å². The Hall–Kier alpha value is -0.700. The molecule has 1 aromatic carbocycles. The van der Waals surface area contributed by atoms with Gasteiger partial charge in [-0.05, 0) is 37.6 Å². The summed E-state index contributed by atoms with van der Waals surface area (Å²) in [5, 5.41) is 5.62. The van der Waals surface area contributed by atoms with E-state index in [0.29, 0.717) is 15.6 Å². The number of halogens is 2. The lowest BCUT2D eigenvalue weighted by atomic mass is 10.1. The lowest BCUT2D eigenvalue weighted by molar-refractivity contribution is 0.421. The molecule has 2 aromatic rings. The summed E-state index contributed by atoms with van der Waals surface area (Å²) in [6.45, 7) is 5.26. The summed E-state index contributed by atoms with van der Waals surface area (Å²) in [6, 6.07) is 5.83. The van der Waals surface area contributed by atoms with Gasteiger partial charge in [0.15, 0.2) is 5.58 Å². The van der Waals surface area contributed by atoms with Crippen LogP contribution in [0.1, 0.15) is 38.5 Å². The molecule has 0 aliphatic rings. The van der Waals surface area contributed by atoms with Crippen molar-refractivity contribution < 1.29 is 4.42 Å². The molecular formula is C14H17Cl2NO. The van der Waals surface area contributed by atoms with Gasteiger partial charge >= 0.3 is 0 Å². The zero-order valence-electron chi connectivity index (χ0n) is 10.6. The normalized spacial score (nSPS) is 13.1. The number of hydrogen-bond acceptors (Lipinski definition) is 2. The van der Waals surface area contributed by atoms with Crippen LogP contribution in [0.2, 0.25) is 10.0 Å². The average molecular weight is 286 g/mol. The Morgan fingerprint density at radius 3 is 2.67 bits per heavy atom. The van der Waals surface area contributed by atoms with Crippen LogP contribution in [0.5, 0.6) is 0 Å². The van der Waals surface area contributed by atoms with Crippen LogP contribution >= 0.6 is 23.2 Å². The Kier molecular flexibility index (Phi) is 4.55. The molecule has 0 amide bonds. The van der Waals surface area contributed by atoms with Gasteiger partial charge in [-0.1, -0.05) is 37.0 Å². The highest BCUT2D eigenvalue weighted by molar-refractivity contribution is 6.38. The second kappa shape index (κ2) is 5.96. The first-order valence-electron chi connectivity index (χ1n) is 6.27. The van der Waals surface area contributed by atoms with Crippen LogP contribution in [0.25, 0.3) is 11.0 Å². The maximum atomic E-state index is 6.13. The first-order valence-corrected chi connectivity index (χ1v) is 7.03. The van der Waals surface area contributed by atoms with Crippen molar-refractivity contribution in [1.82, 2.24) is 5.32 Å². The van der Waals surface area contributed by atoms with Crippen LogP contribution in [0.4, 0.5) is 0 Å². The number of benzene rings is 1. The summed E-state index contributed by atoms with van der Waals surface area (Å²) >= 11 is 12.1. The lowest BCUT2D eigenvalue weighted by Gasteiger charge is -2.13. The van der Waals surface area contributed by atoms with Crippen molar-refractivity contribution in [2.24, 2.45) is 0 Å². The first kappa shape index (κ1) is 13.7. The standard InChI is InChI=1S/C14H17Cl2NO/c1-3-5-17-12(4-2)13-7-9-6-10(15)8-11(16)14(9)18-13/h6-8,12,17H,3-5H2,1-2H3. The number of fused-ring (bicyclic) bond motifs is 1. The Morgan fingerprint density at radius 2 is 2.00 bits per heavy atom. The van der Waals surface area contributed by atoms with E-state index in [-0.39, 0.29) is 6.04 Å². The number of furan rings is 1. The van der Waals surface area contributed by atoms with E-state index in [2.05, 4.69) is 19.2 Å². The molecule has 1 heterocycles. The number of hydrogen-bond donors (Lipinski definition) is 1. The second-order valence-electron chi connectivity index (χ2n) is 4.37. The fourth-order valence-corrected chi connectivity index (χ4v) is 2.58. The molecule has 0 saturated heterocycles. The molecule has 18 heavy (non-hydrogen) atoms. The average Bonchev–Trinajstić information content (AvgIpc) is 2.74. The predicted octanol–water partition coefficient (Wildman–Crippen LogP) is 5.19. The fraction of sp³-hybridized carbons (Fsp3) is 0.429. The SMILES string of the molecule is CCCNC(CC)c1cc2cc(Cl)cc(Cl)c2o1. The molecule has 98 valence electrons. The molecule has 0 fully saturated rings. The molecule has 0 aliphatic carbocycles. The zero-order valence-corrected chi connectivity index (χ0v) is 12.1. The minimum atomic E-state index is 0.229. The monoisotopic (exact) mass is 285 g/mol. The number of nitrogens with one attached hydrogen (secondary N) is 1. The quantitative estimate of drug-likeness (QED) is 0.818. The maximum Gasteiger partial charge on any atom is 0.153 e. The predicted molar refractivity (Wildman–Crippen MR) is 77.6 cm³/mol. The smallest absolute Gasteiger partial charge is 0.153 e. The third-order valence-electron chi connectivity index (χ3n) is 2.95. The summed E-state index contributed by atoms with van der Waals surface area (Å²) in [4.78, 5) is 0. The van der Waals surface area contributed by atoms with Crippen LogP contribution in [0.3, 0.4) is 0 Å². The molecule has 2 nitrogen and oxygen atoms in total. The third-order valence-corrected chi connectivity index (χ3v) is 3.45. The molecule has 0 bridgehead atoms. The first-order chi connectivity index (χ1) is 8.65. The molecule has 0 radical (unpaired) electrons. The lowest BCUT2D eigenvalue weighted by Crippen LogP contribution is -2.20. The molecule has 4 heteroatoms. The topological polar surface area (TPSA) is 25.2 Å². The third kappa shape index (κ3) is 2.82. The Morgan fingerprint density at radius 1 is 1.22 bits per heavy atom. The summed E-state index contributed by atoms with van der Waals surface area (Å²) in [6.07, 6.45) is 2.08. The Balaban J connectivity index is 2.36. The molecule has 1 atom stereocenters. The van der Waals surface area contributed by atoms with Crippen LogP contribution in [-0.2, 0) is 0 Å². The van der Waals surface area contributed by atoms with Crippen molar-refractivity contribution in [3.8, 4) is 0 Å². The van der Waals surface area contributed by atoms with Crippen LogP contribution in [-0.4, -0.2) is 6.54 Å². The van der Waals surface area contributed by atoms with Gasteiger partial charge in [0.05, 0.1) is 11.1 Å².